The summed E-state index contributed by atoms with van der Waals surface area (Å²) in [4.78, 5) is 38.1. The highest BCUT2D eigenvalue weighted by Gasteiger charge is 2.19. The molecular formula is C59H104O6. The van der Waals surface area contributed by atoms with Crippen LogP contribution in [0.5, 0.6) is 0 Å². The monoisotopic (exact) mass is 909 g/mol. The number of carbonyl (C=O) groups is 3. The van der Waals surface area contributed by atoms with Crippen molar-refractivity contribution in [3.05, 3.63) is 60.8 Å². The summed E-state index contributed by atoms with van der Waals surface area (Å²) in [6.07, 6.45) is 66.4. The van der Waals surface area contributed by atoms with Crippen molar-refractivity contribution >= 4 is 17.9 Å². The molecule has 0 rings (SSSR count). The van der Waals surface area contributed by atoms with Crippen LogP contribution >= 0.6 is 0 Å². The molecule has 0 spiro atoms. The SMILES string of the molecule is CCCCC/C=C\C/C=C\C/C=C\C/C=C\CCCC(=O)OC[C@@H](COC(=O)CCCCCCCCCCCCCCC)OC(=O)CCCCCCCCC/C=C\CCCCCCCC. The Balaban J connectivity index is 4.45. The zero-order valence-electron chi connectivity index (χ0n) is 43.0. The molecule has 6 nitrogen and oxygen atoms in total. The van der Waals surface area contributed by atoms with Gasteiger partial charge in [0.05, 0.1) is 0 Å². The van der Waals surface area contributed by atoms with Crippen LogP contribution in [0.25, 0.3) is 0 Å². The Morgan fingerprint density at radius 2 is 0.569 bits per heavy atom. The summed E-state index contributed by atoms with van der Waals surface area (Å²) in [5.41, 5.74) is 0. The van der Waals surface area contributed by atoms with E-state index in [4.69, 9.17) is 14.2 Å². The van der Waals surface area contributed by atoms with Gasteiger partial charge in [0.1, 0.15) is 13.2 Å². The van der Waals surface area contributed by atoms with E-state index >= 15 is 0 Å². The van der Waals surface area contributed by atoms with Crippen molar-refractivity contribution in [3.63, 3.8) is 0 Å². The van der Waals surface area contributed by atoms with Gasteiger partial charge in [-0.25, -0.2) is 0 Å². The largest absolute Gasteiger partial charge is 0.462 e. The molecule has 0 aliphatic heterocycles. The molecule has 0 saturated heterocycles. The fraction of sp³-hybridized carbons (Fsp3) is 0.780. The van der Waals surface area contributed by atoms with Crippen molar-refractivity contribution in [1.29, 1.82) is 0 Å². The third-order valence-corrected chi connectivity index (χ3v) is 12.0. The van der Waals surface area contributed by atoms with E-state index in [-0.39, 0.29) is 37.5 Å². The van der Waals surface area contributed by atoms with E-state index in [9.17, 15) is 14.4 Å². The van der Waals surface area contributed by atoms with E-state index in [1.165, 1.54) is 167 Å². The van der Waals surface area contributed by atoms with Gasteiger partial charge in [-0.3, -0.25) is 14.4 Å². The second-order valence-electron chi connectivity index (χ2n) is 18.5. The van der Waals surface area contributed by atoms with Gasteiger partial charge in [0.25, 0.3) is 0 Å². The molecule has 0 bridgehead atoms. The number of carbonyl (C=O) groups excluding carboxylic acids is 3. The average molecular weight is 909 g/mol. The van der Waals surface area contributed by atoms with E-state index in [0.717, 1.165) is 64.2 Å². The number of hydrogen-bond acceptors (Lipinski definition) is 6. The highest BCUT2D eigenvalue weighted by Crippen LogP contribution is 2.15. The molecule has 0 fully saturated rings. The van der Waals surface area contributed by atoms with E-state index in [2.05, 4.69) is 81.5 Å². The van der Waals surface area contributed by atoms with E-state index < -0.39 is 6.10 Å². The van der Waals surface area contributed by atoms with Crippen molar-refractivity contribution in [1.82, 2.24) is 0 Å². The fourth-order valence-corrected chi connectivity index (χ4v) is 7.78. The van der Waals surface area contributed by atoms with Crippen molar-refractivity contribution in [2.75, 3.05) is 13.2 Å². The van der Waals surface area contributed by atoms with Crippen LogP contribution in [0.4, 0.5) is 0 Å². The van der Waals surface area contributed by atoms with Crippen LogP contribution in [0, 0.1) is 0 Å². The predicted octanol–water partition coefficient (Wildman–Crippen LogP) is 18.4. The lowest BCUT2D eigenvalue weighted by Gasteiger charge is -2.18. The van der Waals surface area contributed by atoms with Gasteiger partial charge in [0, 0.05) is 19.3 Å². The molecule has 0 radical (unpaired) electrons. The van der Waals surface area contributed by atoms with E-state index in [1.807, 2.05) is 0 Å². The van der Waals surface area contributed by atoms with Crippen molar-refractivity contribution in [2.45, 2.75) is 284 Å². The average Bonchev–Trinajstić information content (AvgIpc) is 3.30. The number of rotatable bonds is 50. The molecule has 0 aliphatic carbocycles. The summed E-state index contributed by atoms with van der Waals surface area (Å²) in [7, 11) is 0. The lowest BCUT2D eigenvalue weighted by Crippen LogP contribution is -2.30. The third-order valence-electron chi connectivity index (χ3n) is 12.0. The first-order valence-electron chi connectivity index (χ1n) is 27.8. The normalized spacial score (nSPS) is 12.5. The maximum Gasteiger partial charge on any atom is 0.306 e. The first kappa shape index (κ1) is 62.1. The molecule has 1 atom stereocenters. The van der Waals surface area contributed by atoms with Crippen molar-refractivity contribution in [2.24, 2.45) is 0 Å². The van der Waals surface area contributed by atoms with Gasteiger partial charge in [-0.1, -0.05) is 236 Å². The van der Waals surface area contributed by atoms with Crippen LogP contribution in [0.15, 0.2) is 60.8 Å². The number of hydrogen-bond donors (Lipinski definition) is 0. The van der Waals surface area contributed by atoms with Gasteiger partial charge in [0.15, 0.2) is 6.10 Å². The van der Waals surface area contributed by atoms with Crippen molar-refractivity contribution in [3.8, 4) is 0 Å². The molecule has 376 valence electrons. The Hall–Kier alpha value is -2.89. The lowest BCUT2D eigenvalue weighted by molar-refractivity contribution is -0.167. The topological polar surface area (TPSA) is 78.9 Å². The maximum atomic E-state index is 12.8. The second-order valence-corrected chi connectivity index (χ2v) is 18.5. The summed E-state index contributed by atoms with van der Waals surface area (Å²) >= 11 is 0. The minimum atomic E-state index is -0.796. The molecule has 0 aromatic heterocycles. The van der Waals surface area contributed by atoms with E-state index in [1.54, 1.807) is 0 Å². The molecule has 6 heteroatoms. The van der Waals surface area contributed by atoms with Gasteiger partial charge in [-0.05, 0) is 83.5 Å². The first-order chi connectivity index (χ1) is 32.0. The quantitative estimate of drug-likeness (QED) is 0.0262. The Bertz CT molecular complexity index is 1180. The zero-order valence-corrected chi connectivity index (χ0v) is 43.0. The number of esters is 3. The molecule has 0 aliphatic rings. The second kappa shape index (κ2) is 53.7. The number of ether oxygens (including phenoxy) is 3. The third kappa shape index (κ3) is 51.9. The Morgan fingerprint density at radius 1 is 0.308 bits per heavy atom. The smallest absolute Gasteiger partial charge is 0.306 e. The molecule has 0 amide bonds. The summed E-state index contributed by atoms with van der Waals surface area (Å²) in [5, 5.41) is 0. The van der Waals surface area contributed by atoms with Gasteiger partial charge >= 0.3 is 17.9 Å². The highest BCUT2D eigenvalue weighted by molar-refractivity contribution is 5.71. The van der Waals surface area contributed by atoms with Crippen LogP contribution in [0.3, 0.4) is 0 Å². The van der Waals surface area contributed by atoms with Crippen LogP contribution < -0.4 is 0 Å². The minimum absolute atomic E-state index is 0.0905. The van der Waals surface area contributed by atoms with Gasteiger partial charge in [0.2, 0.25) is 0 Å². The van der Waals surface area contributed by atoms with Crippen LogP contribution in [-0.4, -0.2) is 37.2 Å². The van der Waals surface area contributed by atoms with Gasteiger partial charge < -0.3 is 14.2 Å². The van der Waals surface area contributed by atoms with Crippen LogP contribution in [0.2, 0.25) is 0 Å². The van der Waals surface area contributed by atoms with Crippen LogP contribution in [0.1, 0.15) is 278 Å². The minimum Gasteiger partial charge on any atom is -0.462 e. The van der Waals surface area contributed by atoms with Crippen LogP contribution in [-0.2, 0) is 28.6 Å². The summed E-state index contributed by atoms with van der Waals surface area (Å²) in [5.74, 6) is -0.944. The standard InChI is InChI=1S/C59H104O6/c1-4-7-10-13-16-19-22-25-27-29-31-34-37-40-43-46-49-52-58(61)64-55-56(54-63-57(60)51-48-45-42-39-36-33-24-21-18-15-12-9-6-3)65-59(62)53-50-47-44-41-38-35-32-30-28-26-23-20-17-14-11-8-5-2/h16,19,25-28,31,34,40,43,56H,4-15,17-18,20-24,29-30,32-33,35-39,41-42,44-55H2,1-3H3/b19-16-,27-25-,28-26-,34-31-,43-40-/t56-/m1/s1. The van der Waals surface area contributed by atoms with Crippen molar-refractivity contribution < 1.29 is 28.6 Å². The molecule has 0 heterocycles. The molecule has 0 saturated carbocycles. The summed E-state index contributed by atoms with van der Waals surface area (Å²) in [6.45, 7) is 6.57. The first-order valence-corrected chi connectivity index (χ1v) is 27.8. The Labute approximate surface area is 402 Å². The predicted molar refractivity (Wildman–Crippen MR) is 279 cm³/mol. The Morgan fingerprint density at radius 3 is 0.969 bits per heavy atom. The summed E-state index contributed by atoms with van der Waals surface area (Å²) in [6, 6.07) is 0. The molecule has 65 heavy (non-hydrogen) atoms. The molecule has 0 N–H and O–H groups in total. The molecular weight excluding hydrogens is 805 g/mol. The van der Waals surface area contributed by atoms with Gasteiger partial charge in [-0.15, -0.1) is 0 Å². The number of allylic oxidation sites excluding steroid dienone is 10. The molecule has 0 aromatic carbocycles. The molecule has 0 aromatic rings. The Kier molecular flexibility index (Phi) is 51.3. The maximum absolute atomic E-state index is 12.8. The van der Waals surface area contributed by atoms with E-state index in [0.29, 0.717) is 19.3 Å². The summed E-state index contributed by atoms with van der Waals surface area (Å²) < 4.78 is 16.8. The lowest BCUT2D eigenvalue weighted by atomic mass is 10.0. The number of unbranched alkanes of at least 4 members (excludes halogenated alkanes) is 29. The molecule has 0 unspecified atom stereocenters. The van der Waals surface area contributed by atoms with Gasteiger partial charge in [-0.2, -0.15) is 0 Å². The fourth-order valence-electron chi connectivity index (χ4n) is 7.78. The zero-order chi connectivity index (χ0) is 47.2. The highest BCUT2D eigenvalue weighted by atomic mass is 16.6.